The summed E-state index contributed by atoms with van der Waals surface area (Å²) in [5, 5.41) is 7.62. The van der Waals surface area contributed by atoms with E-state index in [0.29, 0.717) is 0 Å². The summed E-state index contributed by atoms with van der Waals surface area (Å²) in [5.74, 6) is 0. The van der Waals surface area contributed by atoms with Crippen LogP contribution in [0.3, 0.4) is 0 Å². The van der Waals surface area contributed by atoms with Gasteiger partial charge in [0, 0.05) is 33.5 Å². The first-order valence-corrected chi connectivity index (χ1v) is 20.0. The Morgan fingerprint density at radius 2 is 0.857 bits per heavy atom. The molecule has 8 aromatic carbocycles. The van der Waals surface area contributed by atoms with Gasteiger partial charge in [0.15, 0.2) is 0 Å². The molecule has 2 heteroatoms. The minimum Gasteiger partial charge on any atom is -0.310 e. The Kier molecular flexibility index (Phi) is 7.48. The monoisotopic (exact) mass is 724 g/mol. The summed E-state index contributed by atoms with van der Waals surface area (Å²) in [5.41, 5.74) is 17.9. The minimum atomic E-state index is 0.0316. The molecule has 0 spiro atoms. The standard InChI is InChI=1S/C54H48N2/c1-33-17-21-39(53(3,4)5)31-51(33)56(52-32-40(54(6,7)8)22-18-34(52)2)42-24-20-36-28-46-45-27-35-19-23-41(25-37(35)29-47(45)48(46)30-38(36)26-42)55-49-15-11-9-13-43(49)44-14-10-12-16-50(44)55/h9-32H,1-8H3. The number of fused-ring (bicyclic) bond motifs is 9. The van der Waals surface area contributed by atoms with Crippen LogP contribution < -0.4 is 4.90 Å². The molecule has 10 rings (SSSR count). The molecule has 56 heavy (non-hydrogen) atoms. The fourth-order valence-corrected chi connectivity index (χ4v) is 8.92. The smallest absolute Gasteiger partial charge is 0.0541 e. The van der Waals surface area contributed by atoms with Gasteiger partial charge < -0.3 is 9.47 Å². The molecule has 0 radical (unpaired) electrons. The third-order valence-corrected chi connectivity index (χ3v) is 12.2. The van der Waals surface area contributed by atoms with E-state index in [-0.39, 0.29) is 10.8 Å². The van der Waals surface area contributed by atoms with E-state index >= 15 is 0 Å². The first-order chi connectivity index (χ1) is 26.8. The Morgan fingerprint density at radius 1 is 0.411 bits per heavy atom. The Bertz CT molecular complexity index is 2950. The highest BCUT2D eigenvalue weighted by Crippen LogP contribution is 2.51. The van der Waals surface area contributed by atoms with Crippen LogP contribution in [0.25, 0.3) is 71.3 Å². The van der Waals surface area contributed by atoms with Crippen molar-refractivity contribution < 1.29 is 0 Å². The number of benzene rings is 8. The molecular formula is C54H48N2. The summed E-state index contributed by atoms with van der Waals surface area (Å²) < 4.78 is 2.41. The number of para-hydroxylation sites is 2. The molecule has 0 saturated heterocycles. The van der Waals surface area contributed by atoms with Gasteiger partial charge in [0.25, 0.3) is 0 Å². The molecule has 9 aromatic rings. The summed E-state index contributed by atoms with van der Waals surface area (Å²) in [6.45, 7) is 18.3. The highest BCUT2D eigenvalue weighted by Gasteiger charge is 2.26. The molecule has 1 aromatic heterocycles. The predicted octanol–water partition coefficient (Wildman–Crippen LogP) is 15.4. The van der Waals surface area contributed by atoms with E-state index in [1.165, 1.54) is 111 Å². The topological polar surface area (TPSA) is 8.17 Å². The maximum atomic E-state index is 2.51. The van der Waals surface area contributed by atoms with Crippen LogP contribution in [0.2, 0.25) is 0 Å². The summed E-state index contributed by atoms with van der Waals surface area (Å²) in [7, 11) is 0. The third kappa shape index (κ3) is 5.38. The molecule has 2 nitrogen and oxygen atoms in total. The largest absolute Gasteiger partial charge is 0.310 e. The van der Waals surface area contributed by atoms with Gasteiger partial charge in [-0.1, -0.05) is 114 Å². The van der Waals surface area contributed by atoms with Crippen LogP contribution in [0.15, 0.2) is 146 Å². The van der Waals surface area contributed by atoms with Crippen LogP contribution >= 0.6 is 0 Å². The summed E-state index contributed by atoms with van der Waals surface area (Å²) >= 11 is 0. The molecule has 0 unspecified atom stereocenters. The van der Waals surface area contributed by atoms with Gasteiger partial charge in [0.05, 0.1) is 11.0 Å². The van der Waals surface area contributed by atoms with Gasteiger partial charge in [0.1, 0.15) is 0 Å². The third-order valence-electron chi connectivity index (χ3n) is 12.2. The average Bonchev–Trinajstić information content (AvgIpc) is 3.51. The second-order valence-electron chi connectivity index (χ2n) is 18.1. The molecule has 1 aliphatic rings. The second kappa shape index (κ2) is 12.2. The van der Waals surface area contributed by atoms with Crippen molar-refractivity contribution in [3.8, 4) is 27.9 Å². The lowest BCUT2D eigenvalue weighted by Gasteiger charge is -2.32. The van der Waals surface area contributed by atoms with E-state index in [1.807, 2.05) is 0 Å². The molecule has 0 amide bonds. The van der Waals surface area contributed by atoms with E-state index in [4.69, 9.17) is 0 Å². The first-order valence-electron chi connectivity index (χ1n) is 20.0. The molecule has 0 N–H and O–H groups in total. The van der Waals surface area contributed by atoms with Crippen LogP contribution in [-0.2, 0) is 10.8 Å². The van der Waals surface area contributed by atoms with Crippen LogP contribution in [0, 0.1) is 13.8 Å². The van der Waals surface area contributed by atoms with Crippen molar-refractivity contribution >= 4 is 60.4 Å². The Labute approximate surface area is 330 Å². The zero-order chi connectivity index (χ0) is 38.7. The Hall–Kier alpha value is -6.12. The number of hydrogen-bond acceptors (Lipinski definition) is 1. The van der Waals surface area contributed by atoms with Crippen LogP contribution in [0.1, 0.15) is 63.8 Å². The number of rotatable bonds is 4. The zero-order valence-electron chi connectivity index (χ0n) is 33.8. The lowest BCUT2D eigenvalue weighted by Crippen LogP contribution is -2.18. The van der Waals surface area contributed by atoms with Crippen molar-refractivity contribution in [3.05, 3.63) is 168 Å². The van der Waals surface area contributed by atoms with Crippen molar-refractivity contribution in [1.29, 1.82) is 0 Å². The predicted molar refractivity (Wildman–Crippen MR) is 242 cm³/mol. The lowest BCUT2D eigenvalue weighted by molar-refractivity contribution is 0.590. The van der Waals surface area contributed by atoms with Gasteiger partial charge in [-0.2, -0.15) is 0 Å². The van der Waals surface area contributed by atoms with Gasteiger partial charge in [-0.15, -0.1) is 0 Å². The van der Waals surface area contributed by atoms with Crippen molar-refractivity contribution in [2.75, 3.05) is 4.90 Å². The zero-order valence-corrected chi connectivity index (χ0v) is 33.8. The van der Waals surface area contributed by atoms with Crippen molar-refractivity contribution in [1.82, 2.24) is 4.57 Å². The molecule has 0 bridgehead atoms. The highest BCUT2D eigenvalue weighted by atomic mass is 15.1. The fraction of sp³-hybridized carbons (Fsp3) is 0.185. The molecule has 1 heterocycles. The summed E-state index contributed by atoms with van der Waals surface area (Å²) in [6, 6.07) is 55.1. The van der Waals surface area contributed by atoms with Crippen molar-refractivity contribution in [2.45, 2.75) is 66.2 Å². The molecule has 0 aliphatic heterocycles. The Balaban J connectivity index is 1.11. The highest BCUT2D eigenvalue weighted by molar-refractivity contribution is 6.13. The molecule has 1 aliphatic carbocycles. The van der Waals surface area contributed by atoms with E-state index in [1.54, 1.807) is 0 Å². The maximum Gasteiger partial charge on any atom is 0.0541 e. The van der Waals surface area contributed by atoms with Gasteiger partial charge in [-0.25, -0.2) is 0 Å². The SMILES string of the molecule is Cc1ccc(C(C)(C)C)cc1N(c1ccc2cc3c(cc2c1)-c1cc2cc(-n4c5ccccc5c5ccccc54)ccc2cc1-3)c1cc(C(C)(C)C)ccc1C. The van der Waals surface area contributed by atoms with E-state index in [0.717, 1.165) is 0 Å². The van der Waals surface area contributed by atoms with Crippen LogP contribution in [0.5, 0.6) is 0 Å². The lowest BCUT2D eigenvalue weighted by atomic mass is 9.78. The maximum absolute atomic E-state index is 2.51. The quantitative estimate of drug-likeness (QED) is 0.175. The molecule has 0 atom stereocenters. The summed E-state index contributed by atoms with van der Waals surface area (Å²) in [6.07, 6.45) is 0. The van der Waals surface area contributed by atoms with Crippen LogP contribution in [0.4, 0.5) is 17.1 Å². The van der Waals surface area contributed by atoms with E-state index in [2.05, 4.69) is 210 Å². The normalized spacial score (nSPS) is 12.6. The molecule has 0 saturated carbocycles. The van der Waals surface area contributed by atoms with Gasteiger partial charge in [0.2, 0.25) is 0 Å². The fourth-order valence-electron chi connectivity index (χ4n) is 8.92. The van der Waals surface area contributed by atoms with Crippen molar-refractivity contribution in [3.63, 3.8) is 0 Å². The van der Waals surface area contributed by atoms with Crippen molar-refractivity contribution in [2.24, 2.45) is 0 Å². The average molecular weight is 725 g/mol. The number of hydrogen-bond donors (Lipinski definition) is 0. The van der Waals surface area contributed by atoms with Gasteiger partial charge >= 0.3 is 0 Å². The number of nitrogens with zero attached hydrogens (tertiary/aromatic N) is 2. The number of aryl methyl sites for hydroxylation is 2. The van der Waals surface area contributed by atoms with Crippen LogP contribution in [-0.4, -0.2) is 4.57 Å². The second-order valence-corrected chi connectivity index (χ2v) is 18.1. The Morgan fingerprint density at radius 3 is 1.36 bits per heavy atom. The summed E-state index contributed by atoms with van der Waals surface area (Å²) in [4.78, 5) is 2.51. The van der Waals surface area contributed by atoms with Gasteiger partial charge in [-0.3, -0.25) is 0 Å². The molecular weight excluding hydrogens is 677 g/mol. The molecule has 0 fully saturated rings. The van der Waals surface area contributed by atoms with E-state index < -0.39 is 0 Å². The first kappa shape index (κ1) is 34.4. The minimum absolute atomic E-state index is 0.0316. The van der Waals surface area contributed by atoms with Gasteiger partial charge in [-0.05, 0) is 164 Å². The number of aromatic nitrogens is 1. The number of anilines is 3. The molecule has 274 valence electrons. The van der Waals surface area contributed by atoms with E-state index in [9.17, 15) is 0 Å².